The SMILES string of the molecule is CCC[C@@H](O)COc1ccc(Cl)c(-c2nc(C(=NC)C(C)=C(C)N)c(C)c(N3Cc4cnc(OCCOC)nc4C3)n2)c1. The second-order valence-corrected chi connectivity index (χ2v) is 10.8. The average molecular weight is 610 g/mol. The summed E-state index contributed by atoms with van der Waals surface area (Å²) < 4.78 is 16.6. The maximum Gasteiger partial charge on any atom is 0.316 e. The van der Waals surface area contributed by atoms with E-state index in [2.05, 4.69) is 19.9 Å². The highest BCUT2D eigenvalue weighted by molar-refractivity contribution is 6.33. The molecule has 4 rings (SSSR count). The summed E-state index contributed by atoms with van der Waals surface area (Å²) in [7, 11) is 3.34. The molecule has 230 valence electrons. The van der Waals surface area contributed by atoms with E-state index in [9.17, 15) is 5.11 Å². The van der Waals surface area contributed by atoms with E-state index >= 15 is 0 Å². The Morgan fingerprint density at radius 3 is 2.65 bits per heavy atom. The predicted molar refractivity (Wildman–Crippen MR) is 168 cm³/mol. The zero-order valence-electron chi connectivity index (χ0n) is 25.6. The van der Waals surface area contributed by atoms with Crippen LogP contribution in [0.4, 0.5) is 5.82 Å². The first kappa shape index (κ1) is 32.1. The minimum absolute atomic E-state index is 0.177. The number of methoxy groups -OCH3 is 1. The molecule has 1 aliphatic rings. The predicted octanol–water partition coefficient (Wildman–Crippen LogP) is 4.65. The van der Waals surface area contributed by atoms with Gasteiger partial charge in [0.1, 0.15) is 24.8 Å². The summed E-state index contributed by atoms with van der Waals surface area (Å²) in [4.78, 5) is 25.7. The number of halogens is 1. The van der Waals surface area contributed by atoms with Gasteiger partial charge in [-0.15, -0.1) is 0 Å². The first-order valence-corrected chi connectivity index (χ1v) is 14.7. The number of nitrogens with two attached hydrogens (primary N) is 1. The molecule has 3 heterocycles. The highest BCUT2D eigenvalue weighted by Crippen LogP contribution is 2.35. The maximum absolute atomic E-state index is 10.2. The zero-order chi connectivity index (χ0) is 31.1. The summed E-state index contributed by atoms with van der Waals surface area (Å²) >= 11 is 6.72. The van der Waals surface area contributed by atoms with Crippen LogP contribution in [0.25, 0.3) is 11.4 Å². The van der Waals surface area contributed by atoms with Crippen LogP contribution < -0.4 is 20.1 Å². The van der Waals surface area contributed by atoms with Crippen LogP contribution in [-0.4, -0.2) is 70.8 Å². The lowest BCUT2D eigenvalue weighted by molar-refractivity contribution is 0.0994. The first-order valence-electron chi connectivity index (χ1n) is 14.3. The lowest BCUT2D eigenvalue weighted by Gasteiger charge is -2.22. The molecule has 43 heavy (non-hydrogen) atoms. The first-order chi connectivity index (χ1) is 20.7. The van der Waals surface area contributed by atoms with Gasteiger partial charge in [-0.25, -0.2) is 15.0 Å². The van der Waals surface area contributed by atoms with Crippen molar-refractivity contribution >= 4 is 23.1 Å². The van der Waals surface area contributed by atoms with Crippen molar-refractivity contribution in [3.63, 3.8) is 0 Å². The van der Waals surface area contributed by atoms with Crippen LogP contribution in [0.1, 0.15) is 56.1 Å². The summed E-state index contributed by atoms with van der Waals surface area (Å²) in [5.74, 6) is 1.68. The van der Waals surface area contributed by atoms with Crippen molar-refractivity contribution in [2.24, 2.45) is 10.7 Å². The minimum atomic E-state index is -0.554. The van der Waals surface area contributed by atoms with Crippen molar-refractivity contribution in [2.45, 2.75) is 59.7 Å². The molecule has 1 aromatic carbocycles. The topological polar surface area (TPSA) is 141 Å². The molecule has 0 amide bonds. The smallest absolute Gasteiger partial charge is 0.316 e. The second kappa shape index (κ2) is 14.6. The second-order valence-electron chi connectivity index (χ2n) is 10.4. The number of nitrogens with zero attached hydrogens (tertiary/aromatic N) is 6. The van der Waals surface area contributed by atoms with Gasteiger partial charge in [-0.05, 0) is 51.0 Å². The Morgan fingerprint density at radius 2 is 1.95 bits per heavy atom. The lowest BCUT2D eigenvalue weighted by atomic mass is 10.0. The number of aliphatic hydroxyl groups is 1. The lowest BCUT2D eigenvalue weighted by Crippen LogP contribution is -2.21. The minimum Gasteiger partial charge on any atom is -0.491 e. The van der Waals surface area contributed by atoms with Gasteiger partial charge in [-0.2, -0.15) is 4.98 Å². The molecule has 0 fully saturated rings. The van der Waals surface area contributed by atoms with Crippen LogP contribution in [0.3, 0.4) is 0 Å². The van der Waals surface area contributed by atoms with Gasteiger partial charge in [-0.3, -0.25) is 4.99 Å². The summed E-state index contributed by atoms with van der Waals surface area (Å²) in [5.41, 5.74) is 12.3. The number of aliphatic imine (C=N–C) groups is 1. The van der Waals surface area contributed by atoms with E-state index in [4.69, 9.17) is 41.5 Å². The van der Waals surface area contributed by atoms with Gasteiger partial charge in [0.05, 0.1) is 41.4 Å². The highest BCUT2D eigenvalue weighted by atomic mass is 35.5. The van der Waals surface area contributed by atoms with Crippen molar-refractivity contribution in [3.8, 4) is 23.1 Å². The average Bonchev–Trinajstić information content (AvgIpc) is 3.41. The number of ether oxygens (including phenoxy) is 3. The fourth-order valence-electron chi connectivity index (χ4n) is 4.75. The van der Waals surface area contributed by atoms with E-state index < -0.39 is 6.10 Å². The molecule has 0 saturated heterocycles. The number of aliphatic hydroxyl groups excluding tert-OH is 1. The molecule has 0 radical (unpaired) electrons. The molecular formula is C31H40ClN7O4. The Balaban J connectivity index is 1.77. The number of hydrogen-bond acceptors (Lipinski definition) is 11. The fourth-order valence-corrected chi connectivity index (χ4v) is 4.95. The molecule has 0 saturated carbocycles. The molecule has 1 atom stereocenters. The molecule has 11 nitrogen and oxygen atoms in total. The van der Waals surface area contributed by atoms with Crippen molar-refractivity contribution < 1.29 is 19.3 Å². The van der Waals surface area contributed by atoms with E-state index in [1.165, 1.54) is 0 Å². The summed E-state index contributed by atoms with van der Waals surface area (Å²) in [6.07, 6.45) is 2.76. The van der Waals surface area contributed by atoms with Gasteiger partial charge >= 0.3 is 6.01 Å². The fraction of sp³-hybridized carbons (Fsp3) is 0.452. The van der Waals surface area contributed by atoms with Crippen molar-refractivity contribution in [1.82, 2.24) is 19.9 Å². The standard InChI is InChI=1S/C31H40ClN7O4/c1-7-8-22(40)17-43-23-9-10-25(32)24(13-23)29-37-28(27(34-5)18(2)20(4)33)19(3)30(38-29)39-15-21-14-35-31(36-26(21)16-39)42-12-11-41-6/h9-10,13-14,22,40H,7-8,11-12,15-17,33H2,1-6H3/t22-/m1/s1. The van der Waals surface area contributed by atoms with Gasteiger partial charge in [0.25, 0.3) is 0 Å². The van der Waals surface area contributed by atoms with Crippen LogP contribution in [0.2, 0.25) is 5.02 Å². The van der Waals surface area contributed by atoms with Crippen LogP contribution in [0.5, 0.6) is 11.8 Å². The van der Waals surface area contributed by atoms with Gasteiger partial charge in [-0.1, -0.05) is 24.9 Å². The molecule has 0 unspecified atom stereocenters. The van der Waals surface area contributed by atoms with E-state index in [0.717, 1.165) is 28.8 Å². The van der Waals surface area contributed by atoms with E-state index in [-0.39, 0.29) is 6.61 Å². The molecule has 12 heteroatoms. The number of fused-ring (bicyclic) bond motifs is 1. The molecule has 1 aliphatic heterocycles. The van der Waals surface area contributed by atoms with Gasteiger partial charge in [0.2, 0.25) is 0 Å². The number of anilines is 1. The maximum atomic E-state index is 10.2. The van der Waals surface area contributed by atoms with Crippen LogP contribution in [-0.2, 0) is 17.8 Å². The van der Waals surface area contributed by atoms with E-state index in [1.54, 1.807) is 38.6 Å². The van der Waals surface area contributed by atoms with Crippen LogP contribution in [0, 0.1) is 6.92 Å². The molecule has 3 N–H and O–H groups in total. The number of rotatable bonds is 13. The zero-order valence-corrected chi connectivity index (χ0v) is 26.4. The quantitative estimate of drug-likeness (QED) is 0.208. The molecule has 2 aromatic heterocycles. The molecule has 0 bridgehead atoms. The summed E-state index contributed by atoms with van der Waals surface area (Å²) in [5, 5.41) is 10.6. The summed E-state index contributed by atoms with van der Waals surface area (Å²) in [6, 6.07) is 5.63. The molecule has 0 aliphatic carbocycles. The largest absolute Gasteiger partial charge is 0.491 e. The Kier molecular flexibility index (Phi) is 10.9. The van der Waals surface area contributed by atoms with Crippen molar-refractivity contribution in [2.75, 3.05) is 38.9 Å². The third-order valence-electron chi connectivity index (χ3n) is 7.21. The van der Waals surface area contributed by atoms with Gasteiger partial charge in [0, 0.05) is 49.3 Å². The van der Waals surface area contributed by atoms with E-state index in [1.807, 2.05) is 27.7 Å². The van der Waals surface area contributed by atoms with Crippen LogP contribution in [0.15, 0.2) is 40.7 Å². The van der Waals surface area contributed by atoms with Gasteiger partial charge in [0.15, 0.2) is 5.82 Å². The molecule has 0 spiro atoms. The third kappa shape index (κ3) is 7.59. The number of benzene rings is 1. The monoisotopic (exact) mass is 609 g/mol. The number of hydrogen-bond donors (Lipinski definition) is 2. The highest BCUT2D eigenvalue weighted by Gasteiger charge is 2.28. The third-order valence-corrected chi connectivity index (χ3v) is 7.54. The molecular weight excluding hydrogens is 570 g/mol. The molecule has 3 aromatic rings. The van der Waals surface area contributed by atoms with Crippen LogP contribution >= 0.6 is 11.6 Å². The number of allylic oxidation sites excluding steroid dienone is 2. The Morgan fingerprint density at radius 1 is 1.16 bits per heavy atom. The van der Waals surface area contributed by atoms with Crippen molar-refractivity contribution in [3.05, 3.63) is 63.2 Å². The van der Waals surface area contributed by atoms with Gasteiger partial charge < -0.3 is 30.0 Å². The number of aromatic nitrogens is 4. The Labute approximate surface area is 257 Å². The Hall–Kier alpha value is -3.80. The normalized spacial score (nSPS) is 14.4. The Bertz CT molecular complexity index is 1510. The van der Waals surface area contributed by atoms with Crippen molar-refractivity contribution in [1.29, 1.82) is 0 Å². The van der Waals surface area contributed by atoms with E-state index in [0.29, 0.717) is 83.8 Å². The summed E-state index contributed by atoms with van der Waals surface area (Å²) in [6.45, 7) is 9.81.